The number of rotatable bonds is 1. The number of benzene rings is 1. The summed E-state index contributed by atoms with van der Waals surface area (Å²) in [7, 11) is 0. The van der Waals surface area contributed by atoms with Gasteiger partial charge in [-0.25, -0.2) is 4.39 Å². The van der Waals surface area contributed by atoms with Crippen molar-refractivity contribution in [2.75, 3.05) is 6.54 Å². The molecule has 1 heterocycles. The van der Waals surface area contributed by atoms with Crippen LogP contribution in [0, 0.1) is 5.82 Å². The van der Waals surface area contributed by atoms with Crippen molar-refractivity contribution in [3.8, 4) is 0 Å². The van der Waals surface area contributed by atoms with Gasteiger partial charge in [0.2, 0.25) is 0 Å². The van der Waals surface area contributed by atoms with E-state index in [2.05, 4.69) is 5.32 Å². The van der Waals surface area contributed by atoms with E-state index in [4.69, 9.17) is 23.2 Å². The standard InChI is InChI=1S/C10H10Cl2FN/c11-7-4-6(9(13)5-8(7)12)10-2-1-3-14-10/h4-5,10,14H,1-3H2/t10-/m0/s1. The van der Waals surface area contributed by atoms with E-state index in [1.807, 2.05) is 0 Å². The lowest BCUT2D eigenvalue weighted by molar-refractivity contribution is 0.559. The Bertz CT molecular complexity index is 348. The van der Waals surface area contributed by atoms with Crippen molar-refractivity contribution in [1.29, 1.82) is 0 Å². The largest absolute Gasteiger partial charge is 0.310 e. The van der Waals surface area contributed by atoms with Gasteiger partial charge in [-0.3, -0.25) is 0 Å². The van der Waals surface area contributed by atoms with Crippen molar-refractivity contribution >= 4 is 23.2 Å². The maximum absolute atomic E-state index is 13.5. The van der Waals surface area contributed by atoms with Gasteiger partial charge in [0.15, 0.2) is 0 Å². The predicted octanol–water partition coefficient (Wildman–Crippen LogP) is 3.56. The van der Waals surface area contributed by atoms with E-state index >= 15 is 0 Å². The molecule has 1 atom stereocenters. The zero-order valence-electron chi connectivity index (χ0n) is 7.49. The molecule has 0 unspecified atom stereocenters. The Morgan fingerprint density at radius 1 is 1.29 bits per heavy atom. The Balaban J connectivity index is 2.37. The molecule has 1 aromatic carbocycles. The van der Waals surface area contributed by atoms with Crippen molar-refractivity contribution in [1.82, 2.24) is 5.32 Å². The molecular weight excluding hydrogens is 224 g/mol. The van der Waals surface area contributed by atoms with E-state index in [9.17, 15) is 4.39 Å². The van der Waals surface area contributed by atoms with Crippen LogP contribution in [0.3, 0.4) is 0 Å². The van der Waals surface area contributed by atoms with Gasteiger partial charge in [0.25, 0.3) is 0 Å². The maximum Gasteiger partial charge on any atom is 0.129 e. The molecule has 0 aliphatic carbocycles. The van der Waals surface area contributed by atoms with Crippen LogP contribution < -0.4 is 5.32 Å². The fourth-order valence-electron chi connectivity index (χ4n) is 1.75. The minimum atomic E-state index is -0.279. The lowest BCUT2D eigenvalue weighted by atomic mass is 10.1. The quantitative estimate of drug-likeness (QED) is 0.732. The highest BCUT2D eigenvalue weighted by atomic mass is 35.5. The van der Waals surface area contributed by atoms with E-state index in [0.717, 1.165) is 19.4 Å². The fraction of sp³-hybridized carbons (Fsp3) is 0.400. The molecule has 1 saturated heterocycles. The van der Waals surface area contributed by atoms with Crippen LogP contribution in [0.2, 0.25) is 10.0 Å². The van der Waals surface area contributed by atoms with E-state index in [1.165, 1.54) is 6.07 Å². The highest BCUT2D eigenvalue weighted by Crippen LogP contribution is 2.31. The molecule has 0 radical (unpaired) electrons. The minimum Gasteiger partial charge on any atom is -0.310 e. The highest BCUT2D eigenvalue weighted by Gasteiger charge is 2.20. The third-order valence-electron chi connectivity index (χ3n) is 2.48. The molecule has 0 spiro atoms. The second-order valence-corrected chi connectivity index (χ2v) is 4.25. The summed E-state index contributed by atoms with van der Waals surface area (Å²) in [5, 5.41) is 3.90. The monoisotopic (exact) mass is 233 g/mol. The predicted molar refractivity (Wildman–Crippen MR) is 56.4 cm³/mol. The normalized spacial score (nSPS) is 21.5. The van der Waals surface area contributed by atoms with Gasteiger partial charge in [0, 0.05) is 11.6 Å². The minimum absolute atomic E-state index is 0.0877. The molecule has 1 aromatic rings. The van der Waals surface area contributed by atoms with Gasteiger partial charge >= 0.3 is 0 Å². The maximum atomic E-state index is 13.5. The summed E-state index contributed by atoms with van der Waals surface area (Å²) < 4.78 is 13.5. The molecule has 1 nitrogen and oxygen atoms in total. The zero-order chi connectivity index (χ0) is 10.1. The first kappa shape index (κ1) is 10.2. The lowest BCUT2D eigenvalue weighted by Crippen LogP contribution is -2.14. The highest BCUT2D eigenvalue weighted by molar-refractivity contribution is 6.42. The van der Waals surface area contributed by atoms with E-state index in [1.54, 1.807) is 6.07 Å². The Hall–Kier alpha value is -0.310. The number of hydrogen-bond acceptors (Lipinski definition) is 1. The van der Waals surface area contributed by atoms with Crippen LogP contribution in [0.4, 0.5) is 4.39 Å². The summed E-state index contributed by atoms with van der Waals surface area (Å²) in [5.74, 6) is -0.279. The molecule has 1 aliphatic heterocycles. The van der Waals surface area contributed by atoms with Crippen molar-refractivity contribution < 1.29 is 4.39 Å². The molecule has 1 aliphatic rings. The second kappa shape index (κ2) is 4.05. The first-order valence-electron chi connectivity index (χ1n) is 4.56. The smallest absolute Gasteiger partial charge is 0.129 e. The van der Waals surface area contributed by atoms with Crippen LogP contribution >= 0.6 is 23.2 Å². The first-order valence-corrected chi connectivity index (χ1v) is 5.32. The number of nitrogens with one attached hydrogen (secondary N) is 1. The molecule has 14 heavy (non-hydrogen) atoms. The Labute approximate surface area is 92.2 Å². The van der Waals surface area contributed by atoms with Gasteiger partial charge in [0.05, 0.1) is 10.0 Å². The number of hydrogen-bond donors (Lipinski definition) is 1. The average Bonchev–Trinajstić information content (AvgIpc) is 2.64. The molecule has 4 heteroatoms. The average molecular weight is 234 g/mol. The zero-order valence-corrected chi connectivity index (χ0v) is 9.00. The van der Waals surface area contributed by atoms with Gasteiger partial charge in [-0.2, -0.15) is 0 Å². The summed E-state index contributed by atoms with van der Waals surface area (Å²) in [4.78, 5) is 0. The van der Waals surface area contributed by atoms with Crippen LogP contribution in [-0.4, -0.2) is 6.54 Å². The van der Waals surface area contributed by atoms with Crippen LogP contribution in [-0.2, 0) is 0 Å². The van der Waals surface area contributed by atoms with Gasteiger partial charge in [-0.15, -0.1) is 0 Å². The van der Waals surface area contributed by atoms with Gasteiger partial charge < -0.3 is 5.32 Å². The second-order valence-electron chi connectivity index (χ2n) is 3.44. The summed E-state index contributed by atoms with van der Waals surface area (Å²) in [5.41, 5.74) is 0.622. The number of halogens is 3. The molecule has 1 fully saturated rings. The molecular formula is C10H10Cl2FN. The molecule has 76 valence electrons. The molecule has 0 bridgehead atoms. The van der Waals surface area contributed by atoms with Crippen LogP contribution in [0.25, 0.3) is 0 Å². The van der Waals surface area contributed by atoms with Crippen molar-refractivity contribution in [3.63, 3.8) is 0 Å². The van der Waals surface area contributed by atoms with E-state index in [-0.39, 0.29) is 16.9 Å². The Morgan fingerprint density at radius 2 is 2.00 bits per heavy atom. The third-order valence-corrected chi connectivity index (χ3v) is 3.20. The molecule has 0 amide bonds. The first-order chi connectivity index (χ1) is 6.68. The van der Waals surface area contributed by atoms with Crippen LogP contribution in [0.1, 0.15) is 24.4 Å². The van der Waals surface area contributed by atoms with Crippen molar-refractivity contribution in [3.05, 3.63) is 33.6 Å². The summed E-state index contributed by atoms with van der Waals surface area (Å²) in [6.07, 6.45) is 2.03. The molecule has 0 aromatic heterocycles. The van der Waals surface area contributed by atoms with Crippen molar-refractivity contribution in [2.45, 2.75) is 18.9 Å². The molecule has 1 N–H and O–H groups in total. The van der Waals surface area contributed by atoms with Gasteiger partial charge in [-0.1, -0.05) is 23.2 Å². The lowest BCUT2D eigenvalue weighted by Gasteiger charge is -2.12. The SMILES string of the molecule is Fc1cc(Cl)c(Cl)cc1[C@@H]1CCCN1. The van der Waals surface area contributed by atoms with Crippen LogP contribution in [0.5, 0.6) is 0 Å². The Kier molecular flexibility index (Phi) is 2.96. The van der Waals surface area contributed by atoms with E-state index in [0.29, 0.717) is 10.6 Å². The van der Waals surface area contributed by atoms with Gasteiger partial charge in [-0.05, 0) is 31.5 Å². The summed E-state index contributed by atoms with van der Waals surface area (Å²) >= 11 is 11.5. The van der Waals surface area contributed by atoms with Crippen LogP contribution in [0.15, 0.2) is 12.1 Å². The topological polar surface area (TPSA) is 12.0 Å². The Morgan fingerprint density at radius 3 is 2.64 bits per heavy atom. The van der Waals surface area contributed by atoms with E-state index < -0.39 is 0 Å². The molecule has 2 rings (SSSR count). The summed E-state index contributed by atoms with van der Waals surface area (Å²) in [6.45, 7) is 0.935. The van der Waals surface area contributed by atoms with Crippen molar-refractivity contribution in [2.24, 2.45) is 0 Å². The molecule has 0 saturated carbocycles. The van der Waals surface area contributed by atoms with Gasteiger partial charge in [0.1, 0.15) is 5.82 Å². The third kappa shape index (κ3) is 1.88. The summed E-state index contributed by atoms with van der Waals surface area (Å²) in [6, 6.07) is 2.98. The fourth-order valence-corrected chi connectivity index (χ4v) is 2.08.